The maximum absolute atomic E-state index is 12.2. The largest absolute Gasteiger partial charge is 0.393 e. The van der Waals surface area contributed by atoms with E-state index in [0.717, 1.165) is 18.8 Å². The molecule has 4 saturated carbocycles. The second kappa shape index (κ2) is 9.66. The van der Waals surface area contributed by atoms with Crippen LogP contribution in [0.15, 0.2) is 0 Å². The molecule has 0 saturated heterocycles. The molecule has 0 bridgehead atoms. The summed E-state index contributed by atoms with van der Waals surface area (Å²) in [5.41, 5.74) is 0.621. The molecule has 7 heteroatoms. The predicted molar refractivity (Wildman–Crippen MR) is 134 cm³/mol. The highest BCUT2D eigenvalue weighted by atomic mass is 32.2. The van der Waals surface area contributed by atoms with Gasteiger partial charge < -0.3 is 10.4 Å². The Hall–Kier alpha value is -0.660. The average molecular weight is 498 g/mol. The van der Waals surface area contributed by atoms with E-state index in [4.69, 9.17) is 4.55 Å². The Labute approximate surface area is 206 Å². The van der Waals surface area contributed by atoms with E-state index in [1.54, 1.807) is 0 Å². The molecule has 34 heavy (non-hydrogen) atoms. The number of amides is 1. The molecule has 0 aromatic heterocycles. The fourth-order valence-electron chi connectivity index (χ4n) is 9.38. The summed E-state index contributed by atoms with van der Waals surface area (Å²) in [4.78, 5) is 12.2. The van der Waals surface area contributed by atoms with Crippen LogP contribution in [0, 0.1) is 52.3 Å². The normalized spacial score (nSPS) is 45.1. The Morgan fingerprint density at radius 1 is 1.06 bits per heavy atom. The second-order valence-corrected chi connectivity index (χ2v) is 14.6. The first kappa shape index (κ1) is 26.4. The number of carbonyl (C=O) groups excluding carboxylic acids is 1. The maximum atomic E-state index is 12.2. The van der Waals surface area contributed by atoms with Gasteiger partial charge in [-0.2, -0.15) is 8.42 Å². The molecule has 4 aliphatic rings. The summed E-state index contributed by atoms with van der Waals surface area (Å²) >= 11 is 0. The Morgan fingerprint density at radius 2 is 1.74 bits per heavy atom. The number of rotatable bonds is 7. The predicted octanol–water partition coefficient (Wildman–Crippen LogP) is 4.67. The van der Waals surface area contributed by atoms with Crippen LogP contribution in [0.1, 0.15) is 91.9 Å². The summed E-state index contributed by atoms with van der Waals surface area (Å²) in [6, 6.07) is 0. The third-order valence-electron chi connectivity index (χ3n) is 11.2. The second-order valence-electron chi connectivity index (χ2n) is 13.1. The van der Waals surface area contributed by atoms with Crippen molar-refractivity contribution in [3.63, 3.8) is 0 Å². The Bertz CT molecular complexity index is 861. The van der Waals surface area contributed by atoms with Gasteiger partial charge in [0.05, 0.1) is 11.9 Å². The lowest BCUT2D eigenvalue weighted by molar-refractivity contribution is -0.168. The lowest BCUT2D eigenvalue weighted by Crippen LogP contribution is -2.58. The topological polar surface area (TPSA) is 104 Å². The van der Waals surface area contributed by atoms with Gasteiger partial charge >= 0.3 is 0 Å². The number of aliphatic hydroxyl groups is 1. The number of nitrogens with one attached hydrogen (secondary N) is 1. The van der Waals surface area contributed by atoms with Crippen LogP contribution >= 0.6 is 0 Å². The molecular weight excluding hydrogens is 450 g/mol. The number of carbonyl (C=O) groups is 1. The molecule has 196 valence electrons. The minimum absolute atomic E-state index is 0.0469. The fraction of sp³-hybridized carbons (Fsp3) is 0.963. The third-order valence-corrected chi connectivity index (χ3v) is 11.9. The van der Waals surface area contributed by atoms with E-state index < -0.39 is 15.9 Å². The van der Waals surface area contributed by atoms with Crippen molar-refractivity contribution >= 4 is 16.0 Å². The van der Waals surface area contributed by atoms with Crippen molar-refractivity contribution in [3.05, 3.63) is 0 Å². The molecule has 4 aliphatic carbocycles. The maximum Gasteiger partial charge on any atom is 0.266 e. The quantitative estimate of drug-likeness (QED) is 0.443. The van der Waals surface area contributed by atoms with E-state index in [0.29, 0.717) is 47.3 Å². The molecule has 0 heterocycles. The van der Waals surface area contributed by atoms with Gasteiger partial charge in [-0.15, -0.1) is 0 Å². The van der Waals surface area contributed by atoms with Crippen molar-refractivity contribution < 1.29 is 22.9 Å². The number of hydrogen-bond acceptors (Lipinski definition) is 4. The van der Waals surface area contributed by atoms with Gasteiger partial charge in [0.25, 0.3) is 10.1 Å². The minimum atomic E-state index is -4.05. The van der Waals surface area contributed by atoms with Crippen molar-refractivity contribution in [2.24, 2.45) is 52.3 Å². The zero-order chi connectivity index (χ0) is 24.9. The van der Waals surface area contributed by atoms with Crippen LogP contribution in [0.5, 0.6) is 0 Å². The van der Waals surface area contributed by atoms with Crippen LogP contribution in [0.25, 0.3) is 0 Å². The summed E-state index contributed by atoms with van der Waals surface area (Å²) < 4.78 is 30.5. The molecule has 0 spiro atoms. The van der Waals surface area contributed by atoms with E-state index in [2.05, 4.69) is 33.0 Å². The van der Waals surface area contributed by atoms with Crippen molar-refractivity contribution in [2.45, 2.75) is 98.0 Å². The Balaban J connectivity index is 1.39. The lowest BCUT2D eigenvalue weighted by atomic mass is 9.43. The van der Waals surface area contributed by atoms with Crippen LogP contribution in [-0.4, -0.2) is 42.4 Å². The number of fused-ring (bicyclic) bond motifs is 5. The molecular formula is C27H47NO5S. The molecule has 6 nitrogen and oxygen atoms in total. The van der Waals surface area contributed by atoms with E-state index in [1.807, 2.05) is 0 Å². The number of aliphatic hydroxyl groups excluding tert-OH is 1. The molecule has 0 aliphatic heterocycles. The summed E-state index contributed by atoms with van der Waals surface area (Å²) in [5, 5.41) is 14.0. The van der Waals surface area contributed by atoms with Crippen LogP contribution in [0.2, 0.25) is 0 Å². The van der Waals surface area contributed by atoms with Crippen LogP contribution in [0.4, 0.5) is 0 Å². The third kappa shape index (κ3) is 4.95. The highest BCUT2D eigenvalue weighted by Gasteiger charge is 2.62. The van der Waals surface area contributed by atoms with Crippen LogP contribution in [-0.2, 0) is 14.9 Å². The molecule has 0 radical (unpaired) electrons. The Morgan fingerprint density at radius 3 is 2.44 bits per heavy atom. The van der Waals surface area contributed by atoms with E-state index >= 15 is 0 Å². The zero-order valence-corrected chi connectivity index (χ0v) is 22.4. The van der Waals surface area contributed by atoms with E-state index in [9.17, 15) is 18.3 Å². The SMILES string of the molecule is C[C@@H]1CC[C@@]2(C)C(C1)C[C@H](O)[C@H]1C3CC[C@H]([C@H](C)CCC(=O)NCCS(=O)(=O)O)[C@@]3(C)CC[C@@H]12. The van der Waals surface area contributed by atoms with Gasteiger partial charge in [0.2, 0.25) is 5.91 Å². The van der Waals surface area contributed by atoms with Gasteiger partial charge in [0, 0.05) is 13.0 Å². The first-order chi connectivity index (χ1) is 15.8. The van der Waals surface area contributed by atoms with Gasteiger partial charge in [-0.25, -0.2) is 0 Å². The average Bonchev–Trinajstić information content (AvgIpc) is 3.09. The van der Waals surface area contributed by atoms with Crippen LogP contribution < -0.4 is 5.32 Å². The molecule has 10 atom stereocenters. The molecule has 4 fully saturated rings. The van der Waals surface area contributed by atoms with Crippen LogP contribution in [0.3, 0.4) is 0 Å². The molecule has 0 aromatic carbocycles. The summed E-state index contributed by atoms with van der Waals surface area (Å²) in [6.45, 7) is 9.62. The van der Waals surface area contributed by atoms with Crippen molar-refractivity contribution in [1.29, 1.82) is 0 Å². The van der Waals surface area contributed by atoms with Gasteiger partial charge in [0.1, 0.15) is 0 Å². The molecule has 2 unspecified atom stereocenters. The first-order valence-corrected chi connectivity index (χ1v) is 15.4. The minimum Gasteiger partial charge on any atom is -0.393 e. The molecule has 4 rings (SSSR count). The summed E-state index contributed by atoms with van der Waals surface area (Å²) in [7, 11) is -4.05. The summed E-state index contributed by atoms with van der Waals surface area (Å²) in [6.07, 6.45) is 10.8. The number of hydrogen-bond donors (Lipinski definition) is 3. The van der Waals surface area contributed by atoms with Crippen molar-refractivity contribution in [2.75, 3.05) is 12.3 Å². The van der Waals surface area contributed by atoms with E-state index in [1.165, 1.54) is 44.9 Å². The lowest BCUT2D eigenvalue weighted by Gasteiger charge is -2.62. The Kier molecular flexibility index (Phi) is 7.50. The fourth-order valence-corrected chi connectivity index (χ4v) is 9.74. The van der Waals surface area contributed by atoms with E-state index in [-0.39, 0.29) is 24.0 Å². The smallest absolute Gasteiger partial charge is 0.266 e. The highest BCUT2D eigenvalue weighted by Crippen LogP contribution is 2.68. The van der Waals surface area contributed by atoms with Crippen molar-refractivity contribution in [3.8, 4) is 0 Å². The van der Waals surface area contributed by atoms with Gasteiger partial charge in [-0.3, -0.25) is 9.35 Å². The van der Waals surface area contributed by atoms with Crippen molar-refractivity contribution in [1.82, 2.24) is 5.32 Å². The van der Waals surface area contributed by atoms with Gasteiger partial charge in [-0.05, 0) is 104 Å². The molecule has 3 N–H and O–H groups in total. The monoisotopic (exact) mass is 497 g/mol. The van der Waals surface area contributed by atoms with Gasteiger partial charge in [-0.1, -0.05) is 34.1 Å². The van der Waals surface area contributed by atoms with Gasteiger partial charge in [0.15, 0.2) is 0 Å². The highest BCUT2D eigenvalue weighted by molar-refractivity contribution is 7.85. The first-order valence-electron chi connectivity index (χ1n) is 13.7. The molecule has 0 aromatic rings. The summed E-state index contributed by atoms with van der Waals surface area (Å²) in [5.74, 6) is 3.50. The zero-order valence-electron chi connectivity index (χ0n) is 21.6. The molecule has 1 amide bonds. The standard InChI is InChI=1S/C27H47NO5S/c1-17-9-11-26(3)19(15-17)16-23(29)25-21-7-6-20(27(21,4)12-10-22(25)26)18(2)5-8-24(30)28-13-14-34(31,32)33/h17-23,25,29H,5-16H2,1-4H3,(H,28,30)(H,31,32,33)/t17-,18-,19?,20-,21?,22+,23+,25+,26+,27-/m1/s1.